The molecule has 2 atom stereocenters. The van der Waals surface area contributed by atoms with Gasteiger partial charge < -0.3 is 20.3 Å². The Morgan fingerprint density at radius 2 is 2.28 bits per heavy atom. The first kappa shape index (κ1) is 15.2. The zero-order valence-corrected chi connectivity index (χ0v) is 11.3. The Kier molecular flexibility index (Phi) is 5.84. The molecule has 0 spiro atoms. The summed E-state index contributed by atoms with van der Waals surface area (Å²) in [5, 5.41) is 5.93. The van der Waals surface area contributed by atoms with E-state index in [9.17, 15) is 9.59 Å². The Hall–Kier alpha value is -0.850. The fourth-order valence-electron chi connectivity index (χ4n) is 2.19. The SMILES string of the molecule is CC1C(=O)NCCN1C(=O)CC1CNCCO1.Cl. The summed E-state index contributed by atoms with van der Waals surface area (Å²) >= 11 is 0. The van der Waals surface area contributed by atoms with Gasteiger partial charge in [-0.3, -0.25) is 9.59 Å². The molecule has 6 nitrogen and oxygen atoms in total. The van der Waals surface area contributed by atoms with Crippen LogP contribution in [0, 0.1) is 0 Å². The number of morpholine rings is 1. The van der Waals surface area contributed by atoms with Crippen molar-refractivity contribution >= 4 is 24.2 Å². The molecule has 0 aromatic rings. The van der Waals surface area contributed by atoms with Crippen LogP contribution in [0.25, 0.3) is 0 Å². The molecule has 2 aliphatic heterocycles. The lowest BCUT2D eigenvalue weighted by Crippen LogP contribution is -2.56. The topological polar surface area (TPSA) is 70.7 Å². The summed E-state index contributed by atoms with van der Waals surface area (Å²) in [7, 11) is 0. The number of nitrogens with zero attached hydrogens (tertiary/aromatic N) is 1. The average molecular weight is 278 g/mol. The van der Waals surface area contributed by atoms with Gasteiger partial charge in [0.1, 0.15) is 6.04 Å². The highest BCUT2D eigenvalue weighted by atomic mass is 35.5. The standard InChI is InChI=1S/C11H19N3O3.ClH/c1-8-11(16)13-2-4-14(8)10(15)6-9-7-12-3-5-17-9;/h8-9,12H,2-7H2,1H3,(H,13,16);1H. The largest absolute Gasteiger partial charge is 0.375 e. The highest BCUT2D eigenvalue weighted by Crippen LogP contribution is 2.10. The monoisotopic (exact) mass is 277 g/mol. The van der Waals surface area contributed by atoms with Gasteiger partial charge in [-0.25, -0.2) is 0 Å². The number of carbonyl (C=O) groups excluding carboxylic acids is 2. The van der Waals surface area contributed by atoms with Crippen LogP contribution in [0.4, 0.5) is 0 Å². The predicted octanol–water partition coefficient (Wildman–Crippen LogP) is -0.866. The van der Waals surface area contributed by atoms with Crippen LogP contribution < -0.4 is 10.6 Å². The van der Waals surface area contributed by atoms with Crippen molar-refractivity contribution in [3.05, 3.63) is 0 Å². The Morgan fingerprint density at radius 1 is 1.50 bits per heavy atom. The van der Waals surface area contributed by atoms with E-state index in [-0.39, 0.29) is 36.4 Å². The number of hydrogen-bond acceptors (Lipinski definition) is 4. The molecule has 104 valence electrons. The molecular weight excluding hydrogens is 258 g/mol. The van der Waals surface area contributed by atoms with Crippen LogP contribution >= 0.6 is 12.4 Å². The average Bonchev–Trinajstić information content (AvgIpc) is 2.34. The molecule has 18 heavy (non-hydrogen) atoms. The molecule has 7 heteroatoms. The van der Waals surface area contributed by atoms with Crippen LogP contribution in [0.15, 0.2) is 0 Å². The summed E-state index contributed by atoms with van der Waals surface area (Å²) in [4.78, 5) is 25.1. The molecule has 2 unspecified atom stereocenters. The van der Waals surface area contributed by atoms with E-state index in [1.165, 1.54) is 0 Å². The van der Waals surface area contributed by atoms with E-state index >= 15 is 0 Å². The van der Waals surface area contributed by atoms with Gasteiger partial charge in [0.2, 0.25) is 11.8 Å². The second-order valence-electron chi connectivity index (χ2n) is 4.46. The Bertz CT molecular complexity index is 308. The lowest BCUT2D eigenvalue weighted by molar-refractivity contribution is -0.144. The van der Waals surface area contributed by atoms with Gasteiger partial charge in [-0.15, -0.1) is 12.4 Å². The van der Waals surface area contributed by atoms with Gasteiger partial charge in [0.15, 0.2) is 0 Å². The van der Waals surface area contributed by atoms with E-state index in [0.717, 1.165) is 6.54 Å². The number of carbonyl (C=O) groups is 2. The molecule has 2 saturated heterocycles. The van der Waals surface area contributed by atoms with Gasteiger partial charge >= 0.3 is 0 Å². The highest BCUT2D eigenvalue weighted by Gasteiger charge is 2.30. The van der Waals surface area contributed by atoms with E-state index < -0.39 is 0 Å². The second-order valence-corrected chi connectivity index (χ2v) is 4.46. The van der Waals surface area contributed by atoms with Crippen LogP contribution in [-0.2, 0) is 14.3 Å². The maximum Gasteiger partial charge on any atom is 0.242 e. The lowest BCUT2D eigenvalue weighted by atomic mass is 10.1. The summed E-state index contributed by atoms with van der Waals surface area (Å²) < 4.78 is 5.49. The molecular formula is C11H20ClN3O3. The normalized spacial score (nSPS) is 28.3. The van der Waals surface area contributed by atoms with Crippen molar-refractivity contribution in [1.82, 2.24) is 15.5 Å². The first-order chi connectivity index (χ1) is 8.18. The molecule has 0 aromatic carbocycles. The quantitative estimate of drug-likeness (QED) is 0.689. The Morgan fingerprint density at radius 3 is 2.94 bits per heavy atom. The number of nitrogens with one attached hydrogen (secondary N) is 2. The van der Waals surface area contributed by atoms with Crippen molar-refractivity contribution in [2.24, 2.45) is 0 Å². The molecule has 0 saturated carbocycles. The van der Waals surface area contributed by atoms with Crippen molar-refractivity contribution in [3.63, 3.8) is 0 Å². The molecule has 0 aliphatic carbocycles. The third-order valence-electron chi connectivity index (χ3n) is 3.23. The minimum absolute atomic E-state index is 0. The number of piperazine rings is 1. The number of rotatable bonds is 2. The maximum absolute atomic E-state index is 12.1. The number of amides is 2. The van der Waals surface area contributed by atoms with Gasteiger partial charge in [-0.1, -0.05) is 0 Å². The van der Waals surface area contributed by atoms with Crippen LogP contribution in [0.1, 0.15) is 13.3 Å². The van der Waals surface area contributed by atoms with E-state index in [1.54, 1.807) is 11.8 Å². The van der Waals surface area contributed by atoms with E-state index in [1.807, 2.05) is 0 Å². The zero-order valence-electron chi connectivity index (χ0n) is 10.5. The van der Waals surface area contributed by atoms with Crippen LogP contribution in [0.3, 0.4) is 0 Å². The van der Waals surface area contributed by atoms with Crippen molar-refractivity contribution in [2.75, 3.05) is 32.8 Å². The molecule has 0 aromatic heterocycles. The summed E-state index contributed by atoms with van der Waals surface area (Å²) in [6, 6.07) is -0.368. The molecule has 2 N–H and O–H groups in total. The lowest BCUT2D eigenvalue weighted by Gasteiger charge is -2.34. The molecule has 0 radical (unpaired) electrons. The molecule has 2 heterocycles. The fraction of sp³-hybridized carbons (Fsp3) is 0.818. The predicted molar refractivity (Wildman–Crippen MR) is 68.7 cm³/mol. The van der Waals surface area contributed by atoms with E-state index in [4.69, 9.17) is 4.74 Å². The number of halogens is 1. The Balaban J connectivity index is 0.00000162. The van der Waals surface area contributed by atoms with Crippen molar-refractivity contribution < 1.29 is 14.3 Å². The summed E-state index contributed by atoms with van der Waals surface area (Å²) in [5.74, 6) is -0.0756. The zero-order chi connectivity index (χ0) is 12.3. The second kappa shape index (κ2) is 6.92. The van der Waals surface area contributed by atoms with Gasteiger partial charge in [0.25, 0.3) is 0 Å². The van der Waals surface area contributed by atoms with Crippen LogP contribution in [0.5, 0.6) is 0 Å². The van der Waals surface area contributed by atoms with Crippen molar-refractivity contribution in [1.29, 1.82) is 0 Å². The molecule has 2 rings (SSSR count). The summed E-state index contributed by atoms with van der Waals surface area (Å²) in [6.45, 7) is 5.08. The van der Waals surface area contributed by atoms with Crippen molar-refractivity contribution in [2.45, 2.75) is 25.5 Å². The van der Waals surface area contributed by atoms with Gasteiger partial charge in [0.05, 0.1) is 19.1 Å². The number of ether oxygens (including phenoxy) is 1. The summed E-state index contributed by atoms with van der Waals surface area (Å²) in [5.41, 5.74) is 0. The fourth-order valence-corrected chi connectivity index (χ4v) is 2.19. The first-order valence-electron chi connectivity index (χ1n) is 6.08. The smallest absolute Gasteiger partial charge is 0.242 e. The molecule has 2 fully saturated rings. The highest BCUT2D eigenvalue weighted by molar-refractivity contribution is 5.88. The number of hydrogen-bond donors (Lipinski definition) is 2. The Labute approximate surface area is 113 Å². The van der Waals surface area contributed by atoms with Gasteiger partial charge in [-0.05, 0) is 6.92 Å². The van der Waals surface area contributed by atoms with Gasteiger partial charge in [-0.2, -0.15) is 0 Å². The summed E-state index contributed by atoms with van der Waals surface area (Å²) in [6.07, 6.45) is 0.290. The van der Waals surface area contributed by atoms with Crippen LogP contribution in [0.2, 0.25) is 0 Å². The third-order valence-corrected chi connectivity index (χ3v) is 3.23. The van der Waals surface area contributed by atoms with Gasteiger partial charge in [0, 0.05) is 26.2 Å². The van der Waals surface area contributed by atoms with E-state index in [2.05, 4.69) is 10.6 Å². The molecule has 2 amide bonds. The minimum atomic E-state index is -0.368. The molecule has 0 bridgehead atoms. The molecule has 2 aliphatic rings. The first-order valence-corrected chi connectivity index (χ1v) is 6.08. The maximum atomic E-state index is 12.1. The minimum Gasteiger partial charge on any atom is -0.375 e. The van der Waals surface area contributed by atoms with Crippen LogP contribution in [-0.4, -0.2) is 61.6 Å². The van der Waals surface area contributed by atoms with E-state index in [0.29, 0.717) is 32.7 Å². The third kappa shape index (κ3) is 3.57. The van der Waals surface area contributed by atoms with Crippen molar-refractivity contribution in [3.8, 4) is 0 Å².